The van der Waals surface area contributed by atoms with Gasteiger partial charge in [0.05, 0.1) is 6.61 Å². The molecule has 15 heavy (non-hydrogen) atoms. The van der Waals surface area contributed by atoms with Gasteiger partial charge in [-0.25, -0.2) is 9.97 Å². The van der Waals surface area contributed by atoms with Crippen molar-refractivity contribution >= 4 is 16.8 Å². The van der Waals surface area contributed by atoms with E-state index in [-0.39, 0.29) is 0 Å². The SMILES string of the molecule is C=C(OCC)c1ccc2cccnc2n1. The molecule has 0 unspecified atom stereocenters. The van der Waals surface area contributed by atoms with Crippen LogP contribution in [0.5, 0.6) is 0 Å². The van der Waals surface area contributed by atoms with Crippen LogP contribution in [0.2, 0.25) is 0 Å². The Labute approximate surface area is 88.4 Å². The topological polar surface area (TPSA) is 35.0 Å². The minimum atomic E-state index is 0.588. The average Bonchev–Trinajstić information content (AvgIpc) is 2.29. The number of nitrogens with zero attached hydrogens (tertiary/aromatic N) is 2. The number of fused-ring (bicyclic) bond motifs is 1. The fourth-order valence-corrected chi connectivity index (χ4v) is 1.36. The second kappa shape index (κ2) is 4.09. The van der Waals surface area contributed by atoms with E-state index in [1.807, 2.05) is 31.2 Å². The minimum absolute atomic E-state index is 0.588. The van der Waals surface area contributed by atoms with Crippen molar-refractivity contribution in [3.05, 3.63) is 42.7 Å². The van der Waals surface area contributed by atoms with E-state index >= 15 is 0 Å². The van der Waals surface area contributed by atoms with E-state index in [9.17, 15) is 0 Å². The number of rotatable bonds is 3. The van der Waals surface area contributed by atoms with Crippen LogP contribution in [0.1, 0.15) is 12.6 Å². The highest BCUT2D eigenvalue weighted by Gasteiger charge is 2.02. The Morgan fingerprint density at radius 1 is 1.40 bits per heavy atom. The molecule has 3 nitrogen and oxygen atoms in total. The number of pyridine rings is 2. The molecule has 0 fully saturated rings. The molecule has 0 aromatic carbocycles. The first-order valence-corrected chi connectivity index (χ1v) is 4.85. The maximum Gasteiger partial charge on any atom is 0.159 e. The number of ether oxygens (including phenoxy) is 1. The summed E-state index contributed by atoms with van der Waals surface area (Å²) in [4.78, 5) is 8.53. The van der Waals surface area contributed by atoms with Crippen molar-refractivity contribution < 1.29 is 4.74 Å². The van der Waals surface area contributed by atoms with Crippen LogP contribution in [0.4, 0.5) is 0 Å². The lowest BCUT2D eigenvalue weighted by molar-refractivity contribution is 0.298. The molecule has 0 bridgehead atoms. The van der Waals surface area contributed by atoms with Gasteiger partial charge in [-0.3, -0.25) is 0 Å². The highest BCUT2D eigenvalue weighted by Crippen LogP contribution is 2.15. The largest absolute Gasteiger partial charge is 0.492 e. The van der Waals surface area contributed by atoms with Gasteiger partial charge in [-0.1, -0.05) is 6.58 Å². The molecule has 0 aliphatic rings. The quantitative estimate of drug-likeness (QED) is 0.714. The second-order valence-corrected chi connectivity index (χ2v) is 3.10. The first-order valence-electron chi connectivity index (χ1n) is 4.85. The van der Waals surface area contributed by atoms with Crippen LogP contribution in [0.15, 0.2) is 37.0 Å². The molecule has 0 spiro atoms. The van der Waals surface area contributed by atoms with Gasteiger partial charge in [0.2, 0.25) is 0 Å². The summed E-state index contributed by atoms with van der Waals surface area (Å²) in [5.41, 5.74) is 1.46. The van der Waals surface area contributed by atoms with Crippen LogP contribution < -0.4 is 0 Å². The monoisotopic (exact) mass is 200 g/mol. The molecule has 0 atom stereocenters. The van der Waals surface area contributed by atoms with Gasteiger partial charge < -0.3 is 4.74 Å². The predicted octanol–water partition coefficient (Wildman–Crippen LogP) is 2.64. The van der Waals surface area contributed by atoms with Crippen LogP contribution in [0.25, 0.3) is 16.8 Å². The minimum Gasteiger partial charge on any atom is -0.492 e. The summed E-state index contributed by atoms with van der Waals surface area (Å²) in [6.07, 6.45) is 1.72. The molecule has 0 radical (unpaired) electrons. The lowest BCUT2D eigenvalue weighted by Gasteiger charge is -2.06. The molecule has 2 heterocycles. The Kier molecular flexibility index (Phi) is 2.63. The summed E-state index contributed by atoms with van der Waals surface area (Å²) in [5.74, 6) is 0.588. The third-order valence-corrected chi connectivity index (χ3v) is 2.07. The van der Waals surface area contributed by atoms with Crippen molar-refractivity contribution in [1.29, 1.82) is 0 Å². The average molecular weight is 200 g/mol. The molecule has 3 heteroatoms. The van der Waals surface area contributed by atoms with Gasteiger partial charge in [-0.2, -0.15) is 0 Å². The normalized spacial score (nSPS) is 10.2. The van der Waals surface area contributed by atoms with Crippen molar-refractivity contribution in [2.24, 2.45) is 0 Å². The molecule has 2 aromatic rings. The van der Waals surface area contributed by atoms with Gasteiger partial charge in [0, 0.05) is 11.6 Å². The third-order valence-electron chi connectivity index (χ3n) is 2.07. The van der Waals surface area contributed by atoms with Crippen molar-refractivity contribution in [1.82, 2.24) is 9.97 Å². The van der Waals surface area contributed by atoms with Crippen molar-refractivity contribution in [2.75, 3.05) is 6.61 Å². The van der Waals surface area contributed by atoms with E-state index in [1.54, 1.807) is 6.20 Å². The maximum atomic E-state index is 5.29. The zero-order valence-electron chi connectivity index (χ0n) is 8.60. The van der Waals surface area contributed by atoms with Crippen LogP contribution in [-0.4, -0.2) is 16.6 Å². The highest BCUT2D eigenvalue weighted by atomic mass is 16.5. The van der Waals surface area contributed by atoms with Crippen LogP contribution in [0, 0.1) is 0 Å². The molecule has 0 saturated carbocycles. The molecule has 0 aliphatic heterocycles. The Morgan fingerprint density at radius 3 is 3.07 bits per heavy atom. The summed E-state index contributed by atoms with van der Waals surface area (Å²) < 4.78 is 5.29. The van der Waals surface area contributed by atoms with Crippen LogP contribution in [0.3, 0.4) is 0 Å². The van der Waals surface area contributed by atoms with Gasteiger partial charge >= 0.3 is 0 Å². The van der Waals surface area contributed by atoms with E-state index in [1.165, 1.54) is 0 Å². The molecular weight excluding hydrogens is 188 g/mol. The lowest BCUT2D eigenvalue weighted by Crippen LogP contribution is -1.94. The summed E-state index contributed by atoms with van der Waals surface area (Å²) in [5, 5.41) is 1.02. The van der Waals surface area contributed by atoms with Crippen LogP contribution >= 0.6 is 0 Å². The number of aromatic nitrogens is 2. The summed E-state index contributed by atoms with van der Waals surface area (Å²) in [6, 6.07) is 7.72. The zero-order chi connectivity index (χ0) is 10.7. The Hall–Kier alpha value is -1.90. The highest BCUT2D eigenvalue weighted by molar-refractivity contribution is 5.76. The maximum absolute atomic E-state index is 5.29. The van der Waals surface area contributed by atoms with Gasteiger partial charge in [0.15, 0.2) is 5.65 Å². The first-order chi connectivity index (χ1) is 7.31. The van der Waals surface area contributed by atoms with E-state index in [0.717, 1.165) is 16.7 Å². The van der Waals surface area contributed by atoms with Crippen molar-refractivity contribution in [3.8, 4) is 0 Å². The lowest BCUT2D eigenvalue weighted by atomic mass is 10.2. The second-order valence-electron chi connectivity index (χ2n) is 3.10. The van der Waals surface area contributed by atoms with Crippen molar-refractivity contribution in [3.63, 3.8) is 0 Å². The summed E-state index contributed by atoms with van der Waals surface area (Å²) in [6.45, 7) is 6.33. The van der Waals surface area contributed by atoms with E-state index in [0.29, 0.717) is 12.4 Å². The van der Waals surface area contributed by atoms with Gasteiger partial charge in [0.25, 0.3) is 0 Å². The number of hydrogen-bond donors (Lipinski definition) is 0. The molecule has 2 aromatic heterocycles. The van der Waals surface area contributed by atoms with Gasteiger partial charge in [-0.15, -0.1) is 0 Å². The van der Waals surface area contributed by atoms with E-state index < -0.39 is 0 Å². The van der Waals surface area contributed by atoms with Gasteiger partial charge in [-0.05, 0) is 31.2 Å². The molecule has 2 rings (SSSR count). The molecule has 76 valence electrons. The Bertz CT molecular complexity index is 494. The fourth-order valence-electron chi connectivity index (χ4n) is 1.36. The van der Waals surface area contributed by atoms with Crippen LogP contribution in [-0.2, 0) is 4.74 Å². The van der Waals surface area contributed by atoms with E-state index in [2.05, 4.69) is 16.5 Å². The standard InChI is InChI=1S/C12H12N2O/c1-3-15-9(2)11-7-6-10-5-4-8-13-12(10)14-11/h4-8H,2-3H2,1H3. The molecular formula is C12H12N2O. The smallest absolute Gasteiger partial charge is 0.159 e. The van der Waals surface area contributed by atoms with E-state index in [4.69, 9.17) is 4.74 Å². The Morgan fingerprint density at radius 2 is 2.27 bits per heavy atom. The molecule has 0 aliphatic carbocycles. The Balaban J connectivity index is 2.42. The van der Waals surface area contributed by atoms with Gasteiger partial charge in [0.1, 0.15) is 11.5 Å². The molecule has 0 N–H and O–H groups in total. The third kappa shape index (κ3) is 1.96. The van der Waals surface area contributed by atoms with Crippen molar-refractivity contribution in [2.45, 2.75) is 6.92 Å². The fraction of sp³-hybridized carbons (Fsp3) is 0.167. The summed E-state index contributed by atoms with van der Waals surface area (Å²) in [7, 11) is 0. The molecule has 0 amide bonds. The predicted molar refractivity (Wildman–Crippen MR) is 60.2 cm³/mol. The summed E-state index contributed by atoms with van der Waals surface area (Å²) >= 11 is 0. The molecule has 0 saturated heterocycles. The number of hydrogen-bond acceptors (Lipinski definition) is 3. The first kappa shape index (κ1) is 9.65. The zero-order valence-corrected chi connectivity index (χ0v) is 8.60.